The molecule has 0 aliphatic carbocycles. The topological polar surface area (TPSA) is 55.6 Å². The number of anilines is 1. The number of nitrogens with zero attached hydrogens (tertiary/aromatic N) is 1. The van der Waals surface area contributed by atoms with Crippen LogP contribution in [0.2, 0.25) is 0 Å². The quantitative estimate of drug-likeness (QED) is 0.930. The Morgan fingerprint density at radius 3 is 2.68 bits per heavy atom. The van der Waals surface area contributed by atoms with Crippen LogP contribution in [-0.2, 0) is 4.74 Å². The third kappa shape index (κ3) is 3.41. The predicted octanol–water partition coefficient (Wildman–Crippen LogP) is 2.58. The summed E-state index contributed by atoms with van der Waals surface area (Å²) >= 11 is 1.62. The summed E-state index contributed by atoms with van der Waals surface area (Å²) in [7, 11) is 0. The first-order valence-corrected chi connectivity index (χ1v) is 7.25. The summed E-state index contributed by atoms with van der Waals surface area (Å²) in [5, 5.41) is 3.03. The Kier molecular flexibility index (Phi) is 6.10. The number of primary amides is 1. The molecular formula is C13H21ClN2O2S. The molecule has 1 aliphatic rings. The molecule has 0 atom stereocenters. The van der Waals surface area contributed by atoms with Gasteiger partial charge in [-0.15, -0.1) is 23.7 Å². The van der Waals surface area contributed by atoms with Crippen molar-refractivity contribution in [2.75, 3.05) is 24.7 Å². The number of hydrogen-bond donors (Lipinski definition) is 1. The van der Waals surface area contributed by atoms with Crippen LogP contribution in [0.25, 0.3) is 0 Å². The maximum atomic E-state index is 11.6. The molecule has 1 aromatic heterocycles. The second-order valence-corrected chi connectivity index (χ2v) is 5.45. The summed E-state index contributed by atoms with van der Waals surface area (Å²) in [6.07, 6.45) is 2.03. The minimum Gasteiger partial charge on any atom is -0.381 e. The lowest BCUT2D eigenvalue weighted by Gasteiger charge is -2.34. The van der Waals surface area contributed by atoms with Crippen molar-refractivity contribution in [2.45, 2.75) is 32.7 Å². The van der Waals surface area contributed by atoms with Gasteiger partial charge in [-0.3, -0.25) is 4.79 Å². The van der Waals surface area contributed by atoms with E-state index >= 15 is 0 Å². The highest BCUT2D eigenvalue weighted by Gasteiger charge is 2.25. The number of hydrogen-bond acceptors (Lipinski definition) is 4. The van der Waals surface area contributed by atoms with Gasteiger partial charge in [0.2, 0.25) is 0 Å². The predicted molar refractivity (Wildman–Crippen MR) is 81.7 cm³/mol. The zero-order valence-electron chi connectivity index (χ0n) is 11.3. The highest BCUT2D eigenvalue weighted by molar-refractivity contribution is 7.14. The summed E-state index contributed by atoms with van der Waals surface area (Å²) in [6, 6.07) is 0.458. The van der Waals surface area contributed by atoms with E-state index in [9.17, 15) is 4.79 Å². The van der Waals surface area contributed by atoms with Gasteiger partial charge in [0.15, 0.2) is 0 Å². The first kappa shape index (κ1) is 16.3. The molecule has 1 fully saturated rings. The van der Waals surface area contributed by atoms with Crippen LogP contribution in [0, 0.1) is 6.92 Å². The van der Waals surface area contributed by atoms with Crippen molar-refractivity contribution < 1.29 is 9.53 Å². The molecule has 6 heteroatoms. The van der Waals surface area contributed by atoms with E-state index in [1.54, 1.807) is 11.3 Å². The van der Waals surface area contributed by atoms with Gasteiger partial charge in [0.1, 0.15) is 5.00 Å². The fourth-order valence-electron chi connectivity index (χ4n) is 2.51. The van der Waals surface area contributed by atoms with E-state index in [-0.39, 0.29) is 18.3 Å². The molecule has 2 heterocycles. The van der Waals surface area contributed by atoms with E-state index in [0.29, 0.717) is 11.6 Å². The summed E-state index contributed by atoms with van der Waals surface area (Å²) in [4.78, 5) is 13.9. The van der Waals surface area contributed by atoms with E-state index in [1.165, 1.54) is 0 Å². The Morgan fingerprint density at radius 2 is 2.16 bits per heavy atom. The Balaban J connectivity index is 0.00000180. The van der Waals surface area contributed by atoms with Crippen LogP contribution in [0.3, 0.4) is 0 Å². The summed E-state index contributed by atoms with van der Waals surface area (Å²) in [5.74, 6) is -0.325. The average Bonchev–Trinajstić information content (AvgIpc) is 2.74. The highest BCUT2D eigenvalue weighted by Crippen LogP contribution is 2.34. The van der Waals surface area contributed by atoms with Gasteiger partial charge in [0.25, 0.3) is 5.91 Å². The molecule has 0 bridgehead atoms. The van der Waals surface area contributed by atoms with Gasteiger partial charge < -0.3 is 15.4 Å². The number of amides is 1. The lowest BCUT2D eigenvalue weighted by atomic mass is 10.1. The van der Waals surface area contributed by atoms with Crippen LogP contribution in [0.1, 0.15) is 35.7 Å². The third-order valence-electron chi connectivity index (χ3n) is 3.44. The molecule has 1 aliphatic heterocycles. The molecule has 19 heavy (non-hydrogen) atoms. The smallest absolute Gasteiger partial charge is 0.251 e. The van der Waals surface area contributed by atoms with Gasteiger partial charge in [0.05, 0.1) is 5.56 Å². The van der Waals surface area contributed by atoms with Crippen LogP contribution < -0.4 is 10.6 Å². The van der Waals surface area contributed by atoms with Crippen molar-refractivity contribution in [1.82, 2.24) is 0 Å². The maximum absolute atomic E-state index is 11.6. The number of carbonyl (C=O) groups is 1. The van der Waals surface area contributed by atoms with E-state index < -0.39 is 0 Å². The standard InChI is InChI=1S/C13H20N2O2S.ClH/c1-3-15(10-4-6-17-7-5-10)13-11(12(14)16)9(2)8-18-13;/h8,10H,3-7H2,1-2H3,(H2,14,16);1H. The maximum Gasteiger partial charge on any atom is 0.251 e. The van der Waals surface area contributed by atoms with Gasteiger partial charge in [-0.05, 0) is 37.6 Å². The number of carbonyl (C=O) groups excluding carboxylic acids is 1. The van der Waals surface area contributed by atoms with Crippen LogP contribution in [0.15, 0.2) is 5.38 Å². The average molecular weight is 305 g/mol. The fraction of sp³-hybridized carbons (Fsp3) is 0.615. The fourth-order valence-corrected chi connectivity index (χ4v) is 3.71. The van der Waals surface area contributed by atoms with Gasteiger partial charge in [-0.2, -0.15) is 0 Å². The Labute approximate surface area is 124 Å². The third-order valence-corrected chi connectivity index (χ3v) is 4.57. The van der Waals surface area contributed by atoms with Gasteiger partial charge in [-0.1, -0.05) is 0 Å². The summed E-state index contributed by atoms with van der Waals surface area (Å²) < 4.78 is 5.40. The van der Waals surface area contributed by atoms with Crippen LogP contribution in [-0.4, -0.2) is 31.7 Å². The van der Waals surface area contributed by atoms with Crippen molar-refractivity contribution in [3.63, 3.8) is 0 Å². The van der Waals surface area contributed by atoms with Crippen LogP contribution in [0.5, 0.6) is 0 Å². The minimum atomic E-state index is -0.325. The second kappa shape index (κ2) is 7.12. The first-order chi connectivity index (χ1) is 8.65. The van der Waals surface area contributed by atoms with Crippen LogP contribution in [0.4, 0.5) is 5.00 Å². The van der Waals surface area contributed by atoms with E-state index in [4.69, 9.17) is 10.5 Å². The molecule has 0 spiro atoms. The lowest BCUT2D eigenvalue weighted by molar-refractivity contribution is 0.0847. The SMILES string of the molecule is CCN(c1scc(C)c1C(N)=O)C1CCOCC1.Cl. The van der Waals surface area contributed by atoms with E-state index in [1.807, 2.05) is 12.3 Å². The molecule has 0 saturated carbocycles. The number of rotatable bonds is 4. The molecule has 0 radical (unpaired) electrons. The molecule has 4 nitrogen and oxygen atoms in total. The normalized spacial score (nSPS) is 15.9. The molecular weight excluding hydrogens is 284 g/mol. The zero-order chi connectivity index (χ0) is 13.1. The molecule has 1 amide bonds. The Morgan fingerprint density at radius 1 is 1.53 bits per heavy atom. The number of nitrogens with two attached hydrogens (primary N) is 1. The summed E-state index contributed by atoms with van der Waals surface area (Å²) in [5.41, 5.74) is 7.17. The molecule has 2 N–H and O–H groups in total. The first-order valence-electron chi connectivity index (χ1n) is 6.37. The molecule has 1 aromatic rings. The van der Waals surface area contributed by atoms with Gasteiger partial charge in [0, 0.05) is 25.8 Å². The van der Waals surface area contributed by atoms with Gasteiger partial charge in [-0.25, -0.2) is 0 Å². The van der Waals surface area contributed by atoms with Crippen molar-refractivity contribution >= 4 is 34.7 Å². The molecule has 108 valence electrons. The number of aryl methyl sites for hydroxylation is 1. The largest absolute Gasteiger partial charge is 0.381 e. The Bertz CT molecular complexity index is 430. The number of halogens is 1. The molecule has 0 unspecified atom stereocenters. The van der Waals surface area contributed by atoms with E-state index in [0.717, 1.165) is 43.2 Å². The second-order valence-electron chi connectivity index (χ2n) is 4.59. The minimum absolute atomic E-state index is 0. The van der Waals surface area contributed by atoms with Crippen LogP contribution >= 0.6 is 23.7 Å². The van der Waals surface area contributed by atoms with E-state index in [2.05, 4.69) is 11.8 Å². The van der Waals surface area contributed by atoms with Crippen molar-refractivity contribution in [3.05, 3.63) is 16.5 Å². The van der Waals surface area contributed by atoms with Crippen molar-refractivity contribution in [2.24, 2.45) is 5.73 Å². The van der Waals surface area contributed by atoms with Crippen molar-refractivity contribution in [3.8, 4) is 0 Å². The van der Waals surface area contributed by atoms with Gasteiger partial charge >= 0.3 is 0 Å². The lowest BCUT2D eigenvalue weighted by Crippen LogP contribution is -2.40. The number of ether oxygens (including phenoxy) is 1. The molecule has 2 rings (SSSR count). The monoisotopic (exact) mass is 304 g/mol. The molecule has 1 saturated heterocycles. The molecule has 0 aromatic carbocycles. The number of thiophene rings is 1. The highest BCUT2D eigenvalue weighted by atomic mass is 35.5. The Hall–Kier alpha value is -0.780. The zero-order valence-corrected chi connectivity index (χ0v) is 13.0. The summed E-state index contributed by atoms with van der Waals surface area (Å²) in [6.45, 7) is 6.56. The van der Waals surface area contributed by atoms with Crippen molar-refractivity contribution in [1.29, 1.82) is 0 Å².